The highest BCUT2D eigenvalue weighted by Crippen LogP contribution is 2.32. The van der Waals surface area contributed by atoms with Gasteiger partial charge in [0, 0.05) is 43.3 Å². The van der Waals surface area contributed by atoms with E-state index in [1.54, 1.807) is 12.3 Å². The monoisotopic (exact) mass is 442 g/mol. The summed E-state index contributed by atoms with van der Waals surface area (Å²) in [5, 5.41) is 6.46. The topological polar surface area (TPSA) is 56.7 Å². The molecule has 0 aromatic heterocycles. The number of benzene rings is 3. The summed E-state index contributed by atoms with van der Waals surface area (Å²) in [7, 11) is 0. The number of nitrogens with zero attached hydrogens (tertiary/aromatic N) is 2. The molecule has 5 rings (SSSR count). The summed E-state index contributed by atoms with van der Waals surface area (Å²) in [5.74, 6) is -1.12. The Morgan fingerprint density at radius 2 is 2.00 bits per heavy atom. The van der Waals surface area contributed by atoms with Crippen molar-refractivity contribution in [2.45, 2.75) is 31.8 Å². The minimum atomic E-state index is -0.581. The van der Waals surface area contributed by atoms with Crippen molar-refractivity contribution >= 4 is 29.2 Å². The Morgan fingerprint density at radius 3 is 2.82 bits per heavy atom. The maximum Gasteiger partial charge on any atom is 0.237 e. The van der Waals surface area contributed by atoms with Gasteiger partial charge in [0.15, 0.2) is 0 Å². The number of hydrogen-bond donors (Lipinski definition) is 2. The zero-order valence-corrected chi connectivity index (χ0v) is 18.6. The fourth-order valence-electron chi connectivity index (χ4n) is 4.61. The smallest absolute Gasteiger partial charge is 0.237 e. The van der Waals surface area contributed by atoms with Crippen LogP contribution in [0.15, 0.2) is 71.7 Å². The summed E-state index contributed by atoms with van der Waals surface area (Å²) in [5.41, 5.74) is 5.59. The molecule has 2 aliphatic heterocycles. The van der Waals surface area contributed by atoms with Crippen LogP contribution < -0.4 is 10.6 Å². The standard InChI is InChI=1S/C27H27FN4O/c1-18-13-21(29-15-24-23-14-20(28)7-9-26(23)31-27(24)33)8-10-25(18)30-22-11-12-32(17-22)16-19-5-3-2-4-6-19/h2-10,13-15,22,24,30H,11-12,16-17H2,1H3,(H,31,33). The second kappa shape index (κ2) is 9.16. The van der Waals surface area contributed by atoms with Crippen molar-refractivity contribution in [1.29, 1.82) is 0 Å². The van der Waals surface area contributed by atoms with E-state index in [1.165, 1.54) is 17.7 Å². The van der Waals surface area contributed by atoms with Crippen molar-refractivity contribution in [2.24, 2.45) is 4.99 Å². The molecule has 5 nitrogen and oxygen atoms in total. The molecule has 0 spiro atoms. The van der Waals surface area contributed by atoms with Crippen LogP contribution in [0.5, 0.6) is 0 Å². The molecule has 3 aromatic rings. The number of rotatable bonds is 6. The number of carbonyl (C=O) groups excluding carboxylic acids is 1. The second-order valence-electron chi connectivity index (χ2n) is 8.83. The van der Waals surface area contributed by atoms with Crippen LogP contribution in [0.1, 0.15) is 29.0 Å². The van der Waals surface area contributed by atoms with E-state index in [0.29, 0.717) is 17.3 Å². The minimum absolute atomic E-state index is 0.185. The normalized spacial score (nSPS) is 20.2. The van der Waals surface area contributed by atoms with Gasteiger partial charge in [0.1, 0.15) is 11.7 Å². The van der Waals surface area contributed by atoms with E-state index in [1.807, 2.05) is 18.2 Å². The van der Waals surface area contributed by atoms with E-state index in [0.717, 1.165) is 43.0 Å². The second-order valence-corrected chi connectivity index (χ2v) is 8.83. The number of hydrogen-bond acceptors (Lipinski definition) is 4. The Labute approximate surface area is 193 Å². The summed E-state index contributed by atoms with van der Waals surface area (Å²) in [4.78, 5) is 19.3. The maximum atomic E-state index is 13.6. The summed E-state index contributed by atoms with van der Waals surface area (Å²) in [6.45, 7) is 5.14. The van der Waals surface area contributed by atoms with Crippen molar-refractivity contribution in [1.82, 2.24) is 4.90 Å². The van der Waals surface area contributed by atoms with Gasteiger partial charge in [-0.1, -0.05) is 30.3 Å². The SMILES string of the molecule is Cc1cc(N=CC2C(=O)Nc3ccc(F)cc32)ccc1NC1CCN(Cc2ccccc2)C1. The molecule has 0 aliphatic carbocycles. The number of halogens is 1. The van der Waals surface area contributed by atoms with Gasteiger partial charge in [-0.2, -0.15) is 0 Å². The molecule has 2 unspecified atom stereocenters. The van der Waals surface area contributed by atoms with Crippen molar-refractivity contribution in [2.75, 3.05) is 23.7 Å². The molecule has 1 fully saturated rings. The van der Waals surface area contributed by atoms with E-state index in [2.05, 4.69) is 57.8 Å². The van der Waals surface area contributed by atoms with E-state index < -0.39 is 5.92 Å². The van der Waals surface area contributed by atoms with Gasteiger partial charge in [0.25, 0.3) is 0 Å². The number of likely N-dealkylation sites (tertiary alicyclic amines) is 1. The average molecular weight is 443 g/mol. The highest BCUT2D eigenvalue weighted by atomic mass is 19.1. The average Bonchev–Trinajstić information content (AvgIpc) is 3.37. The predicted molar refractivity (Wildman–Crippen MR) is 131 cm³/mol. The first kappa shape index (κ1) is 21.3. The summed E-state index contributed by atoms with van der Waals surface area (Å²) < 4.78 is 13.6. The fourth-order valence-corrected chi connectivity index (χ4v) is 4.61. The molecule has 3 aromatic carbocycles. The number of aliphatic imine (C=N–C) groups is 1. The van der Waals surface area contributed by atoms with Gasteiger partial charge in [-0.3, -0.25) is 14.7 Å². The lowest BCUT2D eigenvalue weighted by Crippen LogP contribution is -2.26. The van der Waals surface area contributed by atoms with Crippen LogP contribution in [-0.4, -0.2) is 36.2 Å². The molecular formula is C27H27FN4O. The molecular weight excluding hydrogens is 415 g/mol. The van der Waals surface area contributed by atoms with Gasteiger partial charge in [0.2, 0.25) is 5.91 Å². The third-order valence-corrected chi connectivity index (χ3v) is 6.35. The van der Waals surface area contributed by atoms with Gasteiger partial charge < -0.3 is 10.6 Å². The van der Waals surface area contributed by atoms with Crippen LogP contribution in [0.25, 0.3) is 0 Å². The molecule has 33 heavy (non-hydrogen) atoms. The first-order valence-corrected chi connectivity index (χ1v) is 11.3. The van der Waals surface area contributed by atoms with E-state index in [9.17, 15) is 9.18 Å². The van der Waals surface area contributed by atoms with Gasteiger partial charge in [0.05, 0.1) is 5.69 Å². The Bertz CT molecular complexity index is 1190. The summed E-state index contributed by atoms with van der Waals surface area (Å²) in [6, 6.07) is 21.3. The summed E-state index contributed by atoms with van der Waals surface area (Å²) in [6.07, 6.45) is 2.71. The molecule has 0 radical (unpaired) electrons. The molecule has 0 saturated carbocycles. The molecule has 1 amide bonds. The molecule has 1 saturated heterocycles. The van der Waals surface area contributed by atoms with E-state index in [-0.39, 0.29) is 11.7 Å². The van der Waals surface area contributed by atoms with E-state index >= 15 is 0 Å². The van der Waals surface area contributed by atoms with Crippen LogP contribution in [0.2, 0.25) is 0 Å². The zero-order chi connectivity index (χ0) is 22.8. The first-order valence-electron chi connectivity index (χ1n) is 11.3. The number of anilines is 2. The number of aryl methyl sites for hydroxylation is 1. The highest BCUT2D eigenvalue weighted by molar-refractivity contribution is 6.12. The van der Waals surface area contributed by atoms with Crippen LogP contribution in [0.3, 0.4) is 0 Å². The van der Waals surface area contributed by atoms with Gasteiger partial charge >= 0.3 is 0 Å². The zero-order valence-electron chi connectivity index (χ0n) is 18.6. The fraction of sp³-hybridized carbons (Fsp3) is 0.259. The van der Waals surface area contributed by atoms with Gasteiger partial charge in [-0.15, -0.1) is 0 Å². The molecule has 168 valence electrons. The van der Waals surface area contributed by atoms with Gasteiger partial charge in [-0.05, 0) is 66.4 Å². The van der Waals surface area contributed by atoms with Crippen molar-refractivity contribution in [3.8, 4) is 0 Å². The minimum Gasteiger partial charge on any atom is -0.381 e. The van der Waals surface area contributed by atoms with Crippen molar-refractivity contribution in [3.63, 3.8) is 0 Å². The van der Waals surface area contributed by atoms with Crippen LogP contribution in [0, 0.1) is 12.7 Å². The third kappa shape index (κ3) is 4.81. The number of fused-ring (bicyclic) bond motifs is 1. The predicted octanol–water partition coefficient (Wildman–Crippen LogP) is 5.26. The number of nitrogens with one attached hydrogen (secondary N) is 2. The molecule has 2 aliphatic rings. The Balaban J connectivity index is 1.22. The summed E-state index contributed by atoms with van der Waals surface area (Å²) >= 11 is 0. The Morgan fingerprint density at radius 1 is 1.15 bits per heavy atom. The van der Waals surface area contributed by atoms with E-state index in [4.69, 9.17) is 0 Å². The van der Waals surface area contributed by atoms with Crippen LogP contribution in [0.4, 0.5) is 21.5 Å². The quantitative estimate of drug-likeness (QED) is 0.512. The van der Waals surface area contributed by atoms with Crippen LogP contribution >= 0.6 is 0 Å². The molecule has 2 heterocycles. The molecule has 2 N–H and O–H groups in total. The molecule has 6 heteroatoms. The van der Waals surface area contributed by atoms with Crippen molar-refractivity contribution in [3.05, 3.63) is 89.2 Å². The van der Waals surface area contributed by atoms with Crippen molar-refractivity contribution < 1.29 is 9.18 Å². The Hall–Kier alpha value is -3.51. The van der Waals surface area contributed by atoms with Gasteiger partial charge in [-0.25, -0.2) is 4.39 Å². The lowest BCUT2D eigenvalue weighted by molar-refractivity contribution is -0.115. The number of carbonyl (C=O) groups is 1. The lowest BCUT2D eigenvalue weighted by Gasteiger charge is -2.18. The third-order valence-electron chi connectivity index (χ3n) is 6.35. The maximum absolute atomic E-state index is 13.6. The lowest BCUT2D eigenvalue weighted by atomic mass is 10.0. The Kier molecular flexibility index (Phi) is 5.92. The molecule has 2 atom stereocenters. The number of amides is 1. The van der Waals surface area contributed by atoms with Crippen LogP contribution in [-0.2, 0) is 11.3 Å². The molecule has 0 bridgehead atoms. The largest absolute Gasteiger partial charge is 0.381 e. The highest BCUT2D eigenvalue weighted by Gasteiger charge is 2.29. The first-order chi connectivity index (χ1) is 16.0.